The lowest BCUT2D eigenvalue weighted by atomic mass is 9.87. The molecule has 1 amide bonds. The SMILES string of the molecule is CCOC(=O)Cc1[nH][nH]c(=O)c1[C@H](CC(N)=O)c1cccc(OCc2cccnc2)c1. The first-order chi connectivity index (χ1) is 15.0. The first kappa shape index (κ1) is 21.8. The number of carbonyl (C=O) groups excluding carboxylic acids is 2. The normalized spacial score (nSPS) is 11.6. The Bertz CT molecular complexity index is 1090. The van der Waals surface area contributed by atoms with Gasteiger partial charge in [0, 0.05) is 35.9 Å². The fourth-order valence-electron chi connectivity index (χ4n) is 3.33. The van der Waals surface area contributed by atoms with Crippen molar-refractivity contribution in [3.05, 3.63) is 81.5 Å². The number of nitrogens with two attached hydrogens (primary N) is 1. The van der Waals surface area contributed by atoms with Crippen molar-refractivity contribution in [3.63, 3.8) is 0 Å². The van der Waals surface area contributed by atoms with Gasteiger partial charge in [0.05, 0.1) is 18.7 Å². The molecule has 0 fully saturated rings. The number of aromatic amines is 2. The minimum absolute atomic E-state index is 0.108. The smallest absolute Gasteiger partial charge is 0.311 e. The van der Waals surface area contributed by atoms with E-state index >= 15 is 0 Å². The lowest BCUT2D eigenvalue weighted by Gasteiger charge is -2.17. The molecule has 0 spiro atoms. The van der Waals surface area contributed by atoms with E-state index in [-0.39, 0.29) is 25.0 Å². The molecular formula is C22H24N4O5. The van der Waals surface area contributed by atoms with Crippen LogP contribution < -0.4 is 16.0 Å². The zero-order valence-corrected chi connectivity index (χ0v) is 17.1. The van der Waals surface area contributed by atoms with Crippen molar-refractivity contribution in [2.75, 3.05) is 6.61 Å². The van der Waals surface area contributed by atoms with Crippen molar-refractivity contribution in [1.82, 2.24) is 15.2 Å². The summed E-state index contributed by atoms with van der Waals surface area (Å²) in [6, 6.07) is 10.8. The van der Waals surface area contributed by atoms with Crippen LogP contribution >= 0.6 is 0 Å². The number of rotatable bonds is 10. The number of hydrogen-bond acceptors (Lipinski definition) is 6. The van der Waals surface area contributed by atoms with Crippen LogP contribution in [0.25, 0.3) is 0 Å². The molecule has 9 nitrogen and oxygen atoms in total. The number of nitrogens with zero attached hydrogens (tertiary/aromatic N) is 1. The molecule has 2 aromatic heterocycles. The largest absolute Gasteiger partial charge is 0.489 e. The molecule has 0 radical (unpaired) electrons. The van der Waals surface area contributed by atoms with Crippen LogP contribution in [0.15, 0.2) is 53.6 Å². The number of pyridine rings is 1. The maximum absolute atomic E-state index is 12.5. The second-order valence-electron chi connectivity index (χ2n) is 6.90. The average Bonchev–Trinajstić information content (AvgIpc) is 3.11. The highest BCUT2D eigenvalue weighted by Gasteiger charge is 2.26. The highest BCUT2D eigenvalue weighted by Crippen LogP contribution is 2.30. The maximum Gasteiger partial charge on any atom is 0.311 e. The topological polar surface area (TPSA) is 140 Å². The lowest BCUT2D eigenvalue weighted by Crippen LogP contribution is -2.22. The molecule has 0 aliphatic rings. The second kappa shape index (κ2) is 10.2. The molecule has 0 unspecified atom stereocenters. The Labute approximate surface area is 178 Å². The molecule has 0 saturated heterocycles. The van der Waals surface area contributed by atoms with Gasteiger partial charge in [0.15, 0.2) is 0 Å². The quantitative estimate of drug-likeness (QED) is 0.424. The Morgan fingerprint density at radius 3 is 2.74 bits per heavy atom. The molecule has 1 atom stereocenters. The van der Waals surface area contributed by atoms with E-state index in [0.717, 1.165) is 5.56 Å². The first-order valence-corrected chi connectivity index (χ1v) is 9.83. The number of hydrogen-bond donors (Lipinski definition) is 3. The number of esters is 1. The van der Waals surface area contributed by atoms with Gasteiger partial charge in [-0.1, -0.05) is 18.2 Å². The number of nitrogens with one attached hydrogen (secondary N) is 2. The molecular weight excluding hydrogens is 400 g/mol. The van der Waals surface area contributed by atoms with Crippen LogP contribution in [-0.4, -0.2) is 33.7 Å². The number of benzene rings is 1. The van der Waals surface area contributed by atoms with Crippen LogP contribution in [-0.2, 0) is 27.4 Å². The molecule has 1 aromatic carbocycles. The van der Waals surface area contributed by atoms with Crippen molar-refractivity contribution in [1.29, 1.82) is 0 Å². The maximum atomic E-state index is 12.5. The van der Waals surface area contributed by atoms with Crippen molar-refractivity contribution in [2.24, 2.45) is 5.73 Å². The van der Waals surface area contributed by atoms with Gasteiger partial charge in [-0.25, -0.2) is 0 Å². The molecule has 0 aliphatic carbocycles. The van der Waals surface area contributed by atoms with E-state index in [1.165, 1.54) is 0 Å². The van der Waals surface area contributed by atoms with E-state index < -0.39 is 23.4 Å². The molecule has 2 heterocycles. The standard InChI is InChI=1S/C22H24N4O5/c1-2-30-20(28)11-18-21(22(29)26-25-18)17(10-19(23)27)15-6-3-7-16(9-15)31-13-14-5-4-8-24-12-14/h3-9,12,17H,2,10-11,13H2,1H3,(H2,23,27)(H2,25,26,29)/t17-/m1/s1. The van der Waals surface area contributed by atoms with Crippen molar-refractivity contribution >= 4 is 11.9 Å². The van der Waals surface area contributed by atoms with Crippen LogP contribution in [0.3, 0.4) is 0 Å². The number of H-pyrrole nitrogens is 2. The van der Waals surface area contributed by atoms with Gasteiger partial charge in [-0.15, -0.1) is 0 Å². The van der Waals surface area contributed by atoms with Crippen LogP contribution in [0.5, 0.6) is 5.75 Å². The van der Waals surface area contributed by atoms with Crippen molar-refractivity contribution in [2.45, 2.75) is 32.3 Å². The summed E-state index contributed by atoms with van der Waals surface area (Å²) in [6.07, 6.45) is 3.15. The lowest BCUT2D eigenvalue weighted by molar-refractivity contribution is -0.142. The summed E-state index contributed by atoms with van der Waals surface area (Å²) in [7, 11) is 0. The predicted octanol–water partition coefficient (Wildman–Crippen LogP) is 1.79. The van der Waals surface area contributed by atoms with Gasteiger partial charge in [-0.05, 0) is 30.7 Å². The van der Waals surface area contributed by atoms with Gasteiger partial charge in [0.2, 0.25) is 5.91 Å². The second-order valence-corrected chi connectivity index (χ2v) is 6.90. The number of ether oxygens (including phenoxy) is 2. The predicted molar refractivity (Wildman–Crippen MR) is 112 cm³/mol. The number of primary amides is 1. The van der Waals surface area contributed by atoms with Gasteiger partial charge in [0.25, 0.3) is 5.56 Å². The monoisotopic (exact) mass is 424 g/mol. The number of carbonyl (C=O) groups is 2. The summed E-state index contributed by atoms with van der Waals surface area (Å²) in [6.45, 7) is 2.24. The summed E-state index contributed by atoms with van der Waals surface area (Å²) in [5, 5.41) is 5.21. The fraction of sp³-hybridized carbons (Fsp3) is 0.273. The van der Waals surface area contributed by atoms with E-state index in [1.54, 1.807) is 43.6 Å². The first-order valence-electron chi connectivity index (χ1n) is 9.83. The molecule has 3 aromatic rings. The van der Waals surface area contributed by atoms with E-state index in [9.17, 15) is 14.4 Å². The Kier molecular flexibility index (Phi) is 7.21. The Balaban J connectivity index is 1.90. The van der Waals surface area contributed by atoms with E-state index in [1.807, 2.05) is 12.1 Å². The van der Waals surface area contributed by atoms with Gasteiger partial charge >= 0.3 is 5.97 Å². The van der Waals surface area contributed by atoms with E-state index in [4.69, 9.17) is 15.2 Å². The Hall–Kier alpha value is -3.88. The molecule has 4 N–H and O–H groups in total. The summed E-state index contributed by atoms with van der Waals surface area (Å²) in [5.74, 6) is -1.15. The fourth-order valence-corrected chi connectivity index (χ4v) is 3.33. The molecule has 0 aliphatic heterocycles. The molecule has 0 bridgehead atoms. The highest BCUT2D eigenvalue weighted by molar-refractivity contribution is 5.76. The molecule has 31 heavy (non-hydrogen) atoms. The van der Waals surface area contributed by atoms with Crippen LogP contribution in [0.1, 0.15) is 41.6 Å². The zero-order chi connectivity index (χ0) is 22.2. The molecule has 162 valence electrons. The van der Waals surface area contributed by atoms with Gasteiger partial charge in [0.1, 0.15) is 12.4 Å². The molecule has 3 rings (SSSR count). The van der Waals surface area contributed by atoms with Crippen LogP contribution in [0.4, 0.5) is 0 Å². The van der Waals surface area contributed by atoms with Gasteiger partial charge < -0.3 is 20.3 Å². The number of aromatic nitrogens is 3. The summed E-state index contributed by atoms with van der Waals surface area (Å²) in [5.41, 5.74) is 7.24. The van der Waals surface area contributed by atoms with Gasteiger partial charge in [-0.2, -0.15) is 0 Å². The van der Waals surface area contributed by atoms with E-state index in [0.29, 0.717) is 23.6 Å². The summed E-state index contributed by atoms with van der Waals surface area (Å²) < 4.78 is 10.8. The third-order valence-corrected chi connectivity index (χ3v) is 4.67. The third kappa shape index (κ3) is 5.81. The average molecular weight is 424 g/mol. The highest BCUT2D eigenvalue weighted by atomic mass is 16.5. The minimum atomic E-state index is -0.654. The number of amides is 1. The zero-order valence-electron chi connectivity index (χ0n) is 17.1. The summed E-state index contributed by atoms with van der Waals surface area (Å²) >= 11 is 0. The van der Waals surface area contributed by atoms with Crippen LogP contribution in [0.2, 0.25) is 0 Å². The van der Waals surface area contributed by atoms with Crippen LogP contribution in [0, 0.1) is 0 Å². The Morgan fingerprint density at radius 1 is 1.19 bits per heavy atom. The molecule has 9 heteroatoms. The van der Waals surface area contributed by atoms with Gasteiger partial charge in [-0.3, -0.25) is 24.5 Å². The minimum Gasteiger partial charge on any atom is -0.489 e. The Morgan fingerprint density at radius 2 is 2.03 bits per heavy atom. The third-order valence-electron chi connectivity index (χ3n) is 4.67. The van der Waals surface area contributed by atoms with Crippen molar-refractivity contribution < 1.29 is 19.1 Å². The van der Waals surface area contributed by atoms with Crippen molar-refractivity contribution in [3.8, 4) is 5.75 Å². The molecule has 0 saturated carbocycles. The van der Waals surface area contributed by atoms with E-state index in [2.05, 4.69) is 15.2 Å². The summed E-state index contributed by atoms with van der Waals surface area (Å²) in [4.78, 5) is 40.3.